The van der Waals surface area contributed by atoms with Gasteiger partial charge in [0.15, 0.2) is 5.75 Å². The molecule has 0 radical (unpaired) electrons. The Morgan fingerprint density at radius 1 is 1.50 bits per heavy atom. The number of hydrogen-bond acceptors (Lipinski definition) is 5. The third-order valence-corrected chi connectivity index (χ3v) is 3.95. The zero-order valence-corrected chi connectivity index (χ0v) is 13.0. The van der Waals surface area contributed by atoms with Gasteiger partial charge in [0.25, 0.3) is 0 Å². The molecule has 110 valence electrons. The van der Waals surface area contributed by atoms with E-state index in [1.165, 1.54) is 13.3 Å². The van der Waals surface area contributed by atoms with Gasteiger partial charge in [-0.2, -0.15) is 0 Å². The first-order chi connectivity index (χ1) is 9.70. The van der Waals surface area contributed by atoms with Crippen molar-refractivity contribution in [1.29, 1.82) is 0 Å². The first-order valence-corrected chi connectivity index (χ1v) is 7.44. The summed E-state index contributed by atoms with van der Waals surface area (Å²) in [6, 6.07) is 1.65. The van der Waals surface area contributed by atoms with Gasteiger partial charge in [-0.05, 0) is 47.2 Å². The molecule has 1 aliphatic rings. The standard InChI is InChI=1S/C14H18BrNO4/c1-18-14(17)11-8-12(13(15)16-9-11)20-7-4-10-2-5-19-6-3-10/h8-10H,2-7H2,1H3. The van der Waals surface area contributed by atoms with E-state index in [1.54, 1.807) is 6.07 Å². The quantitative estimate of drug-likeness (QED) is 0.607. The fourth-order valence-electron chi connectivity index (χ4n) is 2.13. The van der Waals surface area contributed by atoms with E-state index in [0.717, 1.165) is 32.5 Å². The topological polar surface area (TPSA) is 57.7 Å². The van der Waals surface area contributed by atoms with E-state index >= 15 is 0 Å². The van der Waals surface area contributed by atoms with Crippen LogP contribution in [0.3, 0.4) is 0 Å². The van der Waals surface area contributed by atoms with Crippen LogP contribution in [-0.2, 0) is 9.47 Å². The number of pyridine rings is 1. The highest BCUT2D eigenvalue weighted by Crippen LogP contribution is 2.25. The fourth-order valence-corrected chi connectivity index (χ4v) is 2.46. The second-order valence-corrected chi connectivity index (χ2v) is 5.45. The van der Waals surface area contributed by atoms with Gasteiger partial charge in [-0.1, -0.05) is 0 Å². The van der Waals surface area contributed by atoms with E-state index in [0.29, 0.717) is 28.4 Å². The molecule has 0 unspecified atom stereocenters. The predicted molar refractivity (Wildman–Crippen MR) is 76.9 cm³/mol. The lowest BCUT2D eigenvalue weighted by Gasteiger charge is -2.21. The summed E-state index contributed by atoms with van der Waals surface area (Å²) in [4.78, 5) is 15.5. The third kappa shape index (κ3) is 4.18. The normalized spacial score (nSPS) is 15.9. The molecule has 2 heterocycles. The maximum absolute atomic E-state index is 11.5. The van der Waals surface area contributed by atoms with Crippen LogP contribution in [-0.4, -0.2) is 37.9 Å². The van der Waals surface area contributed by atoms with Crippen LogP contribution in [0.1, 0.15) is 29.6 Å². The molecule has 0 saturated carbocycles. The van der Waals surface area contributed by atoms with Crippen molar-refractivity contribution in [2.24, 2.45) is 5.92 Å². The lowest BCUT2D eigenvalue weighted by molar-refractivity contribution is 0.0586. The number of ether oxygens (including phenoxy) is 3. The van der Waals surface area contributed by atoms with E-state index < -0.39 is 5.97 Å². The highest BCUT2D eigenvalue weighted by molar-refractivity contribution is 9.10. The number of rotatable bonds is 5. The Labute approximate surface area is 126 Å². The molecule has 0 N–H and O–H groups in total. The minimum atomic E-state index is -0.417. The van der Waals surface area contributed by atoms with E-state index in [9.17, 15) is 4.79 Å². The van der Waals surface area contributed by atoms with Gasteiger partial charge in [0.1, 0.15) is 4.60 Å². The summed E-state index contributed by atoms with van der Waals surface area (Å²) in [5.41, 5.74) is 0.386. The number of halogens is 1. The Morgan fingerprint density at radius 3 is 2.95 bits per heavy atom. The molecule has 0 atom stereocenters. The molecular formula is C14H18BrNO4. The summed E-state index contributed by atoms with van der Waals surface area (Å²) in [6.45, 7) is 2.29. The Bertz CT molecular complexity index is 460. The molecule has 20 heavy (non-hydrogen) atoms. The first-order valence-electron chi connectivity index (χ1n) is 6.65. The van der Waals surface area contributed by atoms with Crippen LogP contribution in [0, 0.1) is 5.92 Å². The van der Waals surface area contributed by atoms with Crippen LogP contribution >= 0.6 is 15.9 Å². The van der Waals surface area contributed by atoms with E-state index in [4.69, 9.17) is 9.47 Å². The Hall–Kier alpha value is -1.14. The molecule has 0 bridgehead atoms. The second-order valence-electron chi connectivity index (χ2n) is 4.70. The van der Waals surface area contributed by atoms with Crippen LogP contribution in [0.5, 0.6) is 5.75 Å². The minimum absolute atomic E-state index is 0.386. The number of hydrogen-bond donors (Lipinski definition) is 0. The van der Waals surface area contributed by atoms with Gasteiger partial charge in [-0.3, -0.25) is 0 Å². The van der Waals surface area contributed by atoms with Crippen LogP contribution in [0.25, 0.3) is 0 Å². The average molecular weight is 344 g/mol. The second kappa shape index (κ2) is 7.59. The predicted octanol–water partition coefficient (Wildman–Crippen LogP) is 2.83. The van der Waals surface area contributed by atoms with Crippen molar-refractivity contribution < 1.29 is 19.0 Å². The van der Waals surface area contributed by atoms with Crippen LogP contribution in [0.15, 0.2) is 16.9 Å². The molecular weight excluding hydrogens is 326 g/mol. The van der Waals surface area contributed by atoms with E-state index in [2.05, 4.69) is 25.7 Å². The van der Waals surface area contributed by atoms with Crippen LogP contribution < -0.4 is 4.74 Å². The zero-order valence-electron chi connectivity index (χ0n) is 11.4. The van der Waals surface area contributed by atoms with Crippen molar-refractivity contribution >= 4 is 21.9 Å². The van der Waals surface area contributed by atoms with Gasteiger partial charge in [0.2, 0.25) is 0 Å². The molecule has 0 spiro atoms. The van der Waals surface area contributed by atoms with E-state index in [-0.39, 0.29) is 0 Å². The summed E-state index contributed by atoms with van der Waals surface area (Å²) in [7, 11) is 1.34. The highest BCUT2D eigenvalue weighted by Gasteiger charge is 2.15. The number of methoxy groups -OCH3 is 1. The molecule has 0 amide bonds. The monoisotopic (exact) mass is 343 g/mol. The lowest BCUT2D eigenvalue weighted by atomic mass is 9.97. The van der Waals surface area contributed by atoms with E-state index in [1.807, 2.05) is 0 Å². The number of carbonyl (C=O) groups is 1. The molecule has 2 rings (SSSR count). The molecule has 5 nitrogen and oxygen atoms in total. The summed E-state index contributed by atoms with van der Waals surface area (Å²) >= 11 is 3.32. The van der Waals surface area contributed by atoms with Crippen molar-refractivity contribution in [3.05, 3.63) is 22.4 Å². The SMILES string of the molecule is COC(=O)c1cnc(Br)c(OCCC2CCOCC2)c1. The number of nitrogens with zero attached hydrogens (tertiary/aromatic N) is 1. The maximum atomic E-state index is 11.5. The minimum Gasteiger partial charge on any atom is -0.491 e. The first kappa shape index (κ1) is 15.3. The Balaban J connectivity index is 1.89. The maximum Gasteiger partial charge on any atom is 0.339 e. The lowest BCUT2D eigenvalue weighted by Crippen LogP contribution is -2.18. The summed E-state index contributed by atoms with van der Waals surface area (Å²) in [5.74, 6) is 0.804. The largest absolute Gasteiger partial charge is 0.491 e. The molecule has 1 aromatic rings. The van der Waals surface area contributed by atoms with Crippen molar-refractivity contribution in [2.45, 2.75) is 19.3 Å². The van der Waals surface area contributed by atoms with Gasteiger partial charge in [0, 0.05) is 19.4 Å². The average Bonchev–Trinajstić information content (AvgIpc) is 2.49. The van der Waals surface area contributed by atoms with Crippen molar-refractivity contribution in [3.63, 3.8) is 0 Å². The van der Waals surface area contributed by atoms with Crippen LogP contribution in [0.2, 0.25) is 0 Å². The molecule has 6 heteroatoms. The van der Waals surface area contributed by atoms with Gasteiger partial charge in [0.05, 0.1) is 19.3 Å². The highest BCUT2D eigenvalue weighted by atomic mass is 79.9. The van der Waals surface area contributed by atoms with Crippen molar-refractivity contribution in [2.75, 3.05) is 26.9 Å². The fraction of sp³-hybridized carbons (Fsp3) is 0.571. The molecule has 1 aromatic heterocycles. The molecule has 1 fully saturated rings. The smallest absolute Gasteiger partial charge is 0.339 e. The number of esters is 1. The van der Waals surface area contributed by atoms with Crippen LogP contribution in [0.4, 0.5) is 0 Å². The summed E-state index contributed by atoms with van der Waals surface area (Å²) in [6.07, 6.45) is 4.62. The van der Waals surface area contributed by atoms with Gasteiger partial charge >= 0.3 is 5.97 Å². The molecule has 0 aromatic carbocycles. The zero-order chi connectivity index (χ0) is 14.4. The van der Waals surface area contributed by atoms with Gasteiger partial charge in [-0.25, -0.2) is 9.78 Å². The van der Waals surface area contributed by atoms with Crippen molar-refractivity contribution in [1.82, 2.24) is 4.98 Å². The molecule has 1 saturated heterocycles. The Kier molecular flexibility index (Phi) is 5.79. The van der Waals surface area contributed by atoms with Gasteiger partial charge in [-0.15, -0.1) is 0 Å². The third-order valence-electron chi connectivity index (χ3n) is 3.35. The molecule has 1 aliphatic heterocycles. The van der Waals surface area contributed by atoms with Gasteiger partial charge < -0.3 is 14.2 Å². The Morgan fingerprint density at radius 2 is 2.25 bits per heavy atom. The summed E-state index contributed by atoms with van der Waals surface area (Å²) in [5, 5.41) is 0. The number of carbonyl (C=O) groups excluding carboxylic acids is 1. The number of aromatic nitrogens is 1. The van der Waals surface area contributed by atoms with Crippen molar-refractivity contribution in [3.8, 4) is 5.75 Å². The summed E-state index contributed by atoms with van der Waals surface area (Å²) < 4.78 is 16.3. The molecule has 0 aliphatic carbocycles.